The zero-order chi connectivity index (χ0) is 12.1. The quantitative estimate of drug-likeness (QED) is 0.701. The summed E-state index contributed by atoms with van der Waals surface area (Å²) in [6, 6.07) is 0. The van der Waals surface area contributed by atoms with E-state index in [1.54, 1.807) is 11.6 Å². The van der Waals surface area contributed by atoms with E-state index in [2.05, 4.69) is 9.97 Å². The zero-order valence-electron chi connectivity index (χ0n) is 9.85. The lowest BCUT2D eigenvalue weighted by Gasteiger charge is -2.22. The van der Waals surface area contributed by atoms with Crippen molar-refractivity contribution < 1.29 is 0 Å². The van der Waals surface area contributed by atoms with Gasteiger partial charge < -0.3 is 10.3 Å². The molecule has 16 heavy (non-hydrogen) atoms. The van der Waals surface area contributed by atoms with Gasteiger partial charge in [0.15, 0.2) is 11.2 Å². The molecule has 6 nitrogen and oxygen atoms in total. The van der Waals surface area contributed by atoms with Crippen molar-refractivity contribution >= 4 is 17.1 Å². The van der Waals surface area contributed by atoms with E-state index in [0.717, 1.165) is 0 Å². The number of nitrogens with zero attached hydrogens (tertiary/aromatic N) is 4. The topological polar surface area (TPSA) is 78.7 Å². The maximum atomic E-state index is 12.0. The standard InChI is InChI=1S/C10H15N5O/c1-10(2,3)15-6-7(13-9(15)11)12-5-14(4)8(6)16/h5H,1-4H3,(H2,11,13). The number of aromatic nitrogens is 4. The summed E-state index contributed by atoms with van der Waals surface area (Å²) >= 11 is 0. The molecule has 0 aromatic carbocycles. The molecule has 0 spiro atoms. The summed E-state index contributed by atoms with van der Waals surface area (Å²) in [6.45, 7) is 5.91. The van der Waals surface area contributed by atoms with Crippen LogP contribution in [0.1, 0.15) is 20.8 Å². The summed E-state index contributed by atoms with van der Waals surface area (Å²) in [7, 11) is 1.66. The number of nitrogens with two attached hydrogens (primary N) is 1. The third kappa shape index (κ3) is 1.37. The first kappa shape index (κ1) is 10.7. The second-order valence-electron chi connectivity index (χ2n) is 4.81. The van der Waals surface area contributed by atoms with Gasteiger partial charge in [-0.05, 0) is 20.8 Å². The molecule has 86 valence electrons. The maximum Gasteiger partial charge on any atom is 0.279 e. The SMILES string of the molecule is Cn1cnc2nc(N)n(C(C)(C)C)c2c1=O. The van der Waals surface area contributed by atoms with Gasteiger partial charge in [-0.25, -0.2) is 4.98 Å². The molecule has 0 aliphatic carbocycles. The van der Waals surface area contributed by atoms with Crippen LogP contribution < -0.4 is 11.3 Å². The van der Waals surface area contributed by atoms with Crippen molar-refractivity contribution in [1.82, 2.24) is 19.1 Å². The number of nitrogen functional groups attached to an aromatic ring is 1. The second-order valence-corrected chi connectivity index (χ2v) is 4.81. The predicted octanol–water partition coefficient (Wildman–Crippen LogP) is 0.467. The highest BCUT2D eigenvalue weighted by molar-refractivity contribution is 5.73. The summed E-state index contributed by atoms with van der Waals surface area (Å²) in [5.74, 6) is 0.318. The van der Waals surface area contributed by atoms with Crippen LogP contribution in [0.5, 0.6) is 0 Å². The molecular formula is C10H15N5O. The van der Waals surface area contributed by atoms with Crippen molar-refractivity contribution in [3.63, 3.8) is 0 Å². The van der Waals surface area contributed by atoms with Gasteiger partial charge in [-0.15, -0.1) is 0 Å². The Labute approximate surface area is 92.7 Å². The molecule has 0 saturated heterocycles. The van der Waals surface area contributed by atoms with Crippen LogP contribution >= 0.6 is 0 Å². The van der Waals surface area contributed by atoms with Crippen LogP contribution in [0.3, 0.4) is 0 Å². The molecule has 2 rings (SSSR count). The summed E-state index contributed by atoms with van der Waals surface area (Å²) in [6.07, 6.45) is 1.45. The van der Waals surface area contributed by atoms with E-state index in [4.69, 9.17) is 5.73 Å². The molecule has 2 heterocycles. The first-order chi connectivity index (χ1) is 7.32. The Morgan fingerprint density at radius 1 is 1.38 bits per heavy atom. The minimum atomic E-state index is -0.298. The van der Waals surface area contributed by atoms with Crippen LogP contribution in [0.15, 0.2) is 11.1 Å². The van der Waals surface area contributed by atoms with Crippen LogP contribution in [-0.4, -0.2) is 19.1 Å². The van der Waals surface area contributed by atoms with Gasteiger partial charge in [-0.3, -0.25) is 9.36 Å². The van der Waals surface area contributed by atoms with E-state index < -0.39 is 0 Å². The Bertz CT molecular complexity index is 602. The average Bonchev–Trinajstić information content (AvgIpc) is 2.48. The molecule has 0 unspecified atom stereocenters. The maximum absolute atomic E-state index is 12.0. The number of hydrogen-bond acceptors (Lipinski definition) is 4. The molecular weight excluding hydrogens is 206 g/mol. The minimum absolute atomic E-state index is 0.135. The van der Waals surface area contributed by atoms with Gasteiger partial charge >= 0.3 is 0 Å². The van der Waals surface area contributed by atoms with E-state index in [9.17, 15) is 4.79 Å². The van der Waals surface area contributed by atoms with E-state index in [1.807, 2.05) is 20.8 Å². The Morgan fingerprint density at radius 3 is 2.56 bits per heavy atom. The molecule has 2 aromatic heterocycles. The summed E-state index contributed by atoms with van der Waals surface area (Å²) in [4.78, 5) is 20.2. The molecule has 0 fully saturated rings. The second kappa shape index (κ2) is 3.07. The molecule has 0 aliphatic heterocycles. The number of hydrogen-bond donors (Lipinski definition) is 1. The van der Waals surface area contributed by atoms with Crippen LogP contribution in [0, 0.1) is 0 Å². The van der Waals surface area contributed by atoms with Crippen molar-refractivity contribution in [3.05, 3.63) is 16.7 Å². The van der Waals surface area contributed by atoms with Gasteiger partial charge in [-0.1, -0.05) is 0 Å². The third-order valence-electron chi connectivity index (χ3n) is 2.43. The average molecular weight is 221 g/mol. The van der Waals surface area contributed by atoms with Crippen molar-refractivity contribution in [2.75, 3.05) is 5.73 Å². The monoisotopic (exact) mass is 221 g/mol. The Morgan fingerprint density at radius 2 is 2.00 bits per heavy atom. The smallest absolute Gasteiger partial charge is 0.279 e. The molecule has 0 atom stereocenters. The molecule has 6 heteroatoms. The van der Waals surface area contributed by atoms with Crippen LogP contribution in [0.25, 0.3) is 11.2 Å². The van der Waals surface area contributed by atoms with Crippen LogP contribution in [0.4, 0.5) is 5.95 Å². The molecule has 2 aromatic rings. The molecule has 0 radical (unpaired) electrons. The normalized spacial score (nSPS) is 12.2. The molecule has 2 N–H and O–H groups in total. The zero-order valence-corrected chi connectivity index (χ0v) is 9.85. The highest BCUT2D eigenvalue weighted by Crippen LogP contribution is 2.22. The highest BCUT2D eigenvalue weighted by Gasteiger charge is 2.22. The van der Waals surface area contributed by atoms with E-state index >= 15 is 0 Å². The van der Waals surface area contributed by atoms with Crippen molar-refractivity contribution in [2.24, 2.45) is 7.05 Å². The molecule has 0 amide bonds. The number of rotatable bonds is 0. The lowest BCUT2D eigenvalue weighted by molar-refractivity contribution is 0.413. The lowest BCUT2D eigenvalue weighted by atomic mass is 10.1. The third-order valence-corrected chi connectivity index (χ3v) is 2.43. The fourth-order valence-corrected chi connectivity index (χ4v) is 1.75. The largest absolute Gasteiger partial charge is 0.369 e. The van der Waals surface area contributed by atoms with Crippen LogP contribution in [-0.2, 0) is 12.6 Å². The number of imidazole rings is 1. The van der Waals surface area contributed by atoms with Gasteiger partial charge in [-0.2, -0.15) is 4.98 Å². The fourth-order valence-electron chi connectivity index (χ4n) is 1.75. The summed E-state index contributed by atoms with van der Waals surface area (Å²) in [5, 5.41) is 0. The number of aryl methyl sites for hydroxylation is 1. The summed E-state index contributed by atoms with van der Waals surface area (Å²) < 4.78 is 3.14. The minimum Gasteiger partial charge on any atom is -0.369 e. The van der Waals surface area contributed by atoms with Crippen molar-refractivity contribution in [2.45, 2.75) is 26.3 Å². The Kier molecular flexibility index (Phi) is 2.04. The molecule has 0 aliphatic rings. The molecule has 0 bridgehead atoms. The predicted molar refractivity (Wildman–Crippen MR) is 62.2 cm³/mol. The van der Waals surface area contributed by atoms with Crippen molar-refractivity contribution in [3.8, 4) is 0 Å². The van der Waals surface area contributed by atoms with E-state index in [1.165, 1.54) is 10.9 Å². The van der Waals surface area contributed by atoms with E-state index in [0.29, 0.717) is 17.1 Å². The number of anilines is 1. The highest BCUT2D eigenvalue weighted by atomic mass is 16.1. The van der Waals surface area contributed by atoms with Crippen LogP contribution in [0.2, 0.25) is 0 Å². The lowest BCUT2D eigenvalue weighted by Crippen LogP contribution is -2.28. The van der Waals surface area contributed by atoms with Gasteiger partial charge in [0.1, 0.15) is 0 Å². The van der Waals surface area contributed by atoms with Gasteiger partial charge in [0, 0.05) is 12.6 Å². The molecule has 0 saturated carbocycles. The Balaban J connectivity index is 2.99. The summed E-state index contributed by atoms with van der Waals surface area (Å²) in [5.41, 5.74) is 6.24. The van der Waals surface area contributed by atoms with Gasteiger partial charge in [0.2, 0.25) is 5.95 Å². The fraction of sp³-hybridized carbons (Fsp3) is 0.500. The number of fused-ring (bicyclic) bond motifs is 1. The van der Waals surface area contributed by atoms with Gasteiger partial charge in [0.05, 0.1) is 6.33 Å². The first-order valence-electron chi connectivity index (χ1n) is 5.02. The first-order valence-corrected chi connectivity index (χ1v) is 5.02. The Hall–Kier alpha value is -1.85. The van der Waals surface area contributed by atoms with Crippen molar-refractivity contribution in [1.29, 1.82) is 0 Å². The van der Waals surface area contributed by atoms with E-state index in [-0.39, 0.29) is 11.1 Å². The van der Waals surface area contributed by atoms with Gasteiger partial charge in [0.25, 0.3) is 5.56 Å².